The molecular formula is C17H15F3N4O3S. The minimum atomic E-state index is -4.77. The molecule has 0 aliphatic heterocycles. The summed E-state index contributed by atoms with van der Waals surface area (Å²) in [7, 11) is 0. The third-order valence-corrected chi connectivity index (χ3v) is 4.48. The molecule has 0 spiro atoms. The van der Waals surface area contributed by atoms with Gasteiger partial charge in [0, 0.05) is 11.6 Å². The first-order valence-electron chi connectivity index (χ1n) is 8.21. The Morgan fingerprint density at radius 2 is 1.79 bits per heavy atom. The van der Waals surface area contributed by atoms with E-state index in [1.54, 1.807) is 12.1 Å². The van der Waals surface area contributed by atoms with Crippen molar-refractivity contribution in [2.45, 2.75) is 24.2 Å². The minimum Gasteiger partial charge on any atom is -0.406 e. The predicted molar refractivity (Wildman–Crippen MR) is 95.9 cm³/mol. The molecule has 28 heavy (non-hydrogen) atoms. The van der Waals surface area contributed by atoms with Crippen LogP contribution in [0.3, 0.4) is 0 Å². The smallest absolute Gasteiger partial charge is 0.406 e. The van der Waals surface area contributed by atoms with E-state index in [4.69, 9.17) is 0 Å². The Balaban J connectivity index is 1.44. The maximum absolute atomic E-state index is 12.1. The number of anilines is 2. The molecule has 1 aliphatic carbocycles. The Kier molecular flexibility index (Phi) is 6.02. The summed E-state index contributed by atoms with van der Waals surface area (Å²) in [5.74, 6) is -0.351. The number of hydrogen-bond donors (Lipinski definition) is 2. The number of carbonyl (C=O) groups excluding carboxylic acids is 2. The summed E-state index contributed by atoms with van der Waals surface area (Å²) in [6.45, 7) is 0. The molecule has 11 heteroatoms. The number of carbonyl (C=O) groups is 2. The number of alkyl halides is 3. The Hall–Kier alpha value is -2.82. The maximum Gasteiger partial charge on any atom is 0.573 e. The van der Waals surface area contributed by atoms with E-state index in [0.29, 0.717) is 16.5 Å². The van der Waals surface area contributed by atoms with Crippen LogP contribution in [0.25, 0.3) is 0 Å². The second kappa shape index (κ2) is 8.46. The van der Waals surface area contributed by atoms with Crippen LogP contribution in [0.15, 0.2) is 41.4 Å². The monoisotopic (exact) mass is 412 g/mol. The Morgan fingerprint density at radius 1 is 1.07 bits per heavy atom. The molecule has 0 atom stereocenters. The summed E-state index contributed by atoms with van der Waals surface area (Å²) < 4.78 is 40.1. The van der Waals surface area contributed by atoms with Crippen LogP contribution in [0.5, 0.6) is 5.75 Å². The highest BCUT2D eigenvalue weighted by Crippen LogP contribution is 2.30. The number of aromatic nitrogens is 2. The summed E-state index contributed by atoms with van der Waals surface area (Å²) in [6.07, 6.45) is -2.99. The molecule has 2 aromatic rings. The Morgan fingerprint density at radius 3 is 2.36 bits per heavy atom. The van der Waals surface area contributed by atoms with Gasteiger partial charge in [0.1, 0.15) is 10.8 Å². The van der Waals surface area contributed by atoms with Crippen molar-refractivity contribution in [1.82, 2.24) is 10.2 Å². The lowest BCUT2D eigenvalue weighted by Crippen LogP contribution is -2.17. The first-order valence-corrected chi connectivity index (χ1v) is 9.20. The van der Waals surface area contributed by atoms with Crippen LogP contribution in [0.4, 0.5) is 24.7 Å². The lowest BCUT2D eigenvalue weighted by atomic mass is 10.3. The molecular weight excluding hydrogens is 397 g/mol. The Bertz CT molecular complexity index is 840. The molecule has 0 saturated heterocycles. The number of amides is 2. The van der Waals surface area contributed by atoms with Gasteiger partial charge in [-0.3, -0.25) is 9.59 Å². The van der Waals surface area contributed by atoms with Crippen LogP contribution in [0.2, 0.25) is 0 Å². The minimum absolute atomic E-state index is 0.0310. The van der Waals surface area contributed by atoms with Gasteiger partial charge in [-0.05, 0) is 49.2 Å². The number of halogens is 3. The van der Waals surface area contributed by atoms with Crippen LogP contribution < -0.4 is 15.4 Å². The standard InChI is InChI=1S/C17H15F3N4O3S/c18-17(19,20)27-12-5-3-11(4-6-12)21-14(25)9-28-15-8-7-13(23-24-15)22-16(26)10-1-2-10/h3-8,10H,1-2,9H2,(H,21,25)(H,22,23,26). The fourth-order valence-electron chi connectivity index (χ4n) is 2.11. The zero-order valence-electron chi connectivity index (χ0n) is 14.3. The van der Waals surface area contributed by atoms with Gasteiger partial charge in [-0.25, -0.2) is 0 Å². The Labute approximate surface area is 162 Å². The van der Waals surface area contributed by atoms with Gasteiger partial charge in [0.15, 0.2) is 5.82 Å². The zero-order valence-corrected chi connectivity index (χ0v) is 15.1. The van der Waals surface area contributed by atoms with E-state index in [2.05, 4.69) is 25.6 Å². The molecule has 2 amide bonds. The summed E-state index contributed by atoms with van der Waals surface area (Å²) in [5.41, 5.74) is 0.337. The van der Waals surface area contributed by atoms with Gasteiger partial charge < -0.3 is 15.4 Å². The number of nitrogens with one attached hydrogen (secondary N) is 2. The first kappa shape index (κ1) is 19.9. The van der Waals surface area contributed by atoms with E-state index >= 15 is 0 Å². The quantitative estimate of drug-likeness (QED) is 0.677. The molecule has 0 bridgehead atoms. The van der Waals surface area contributed by atoms with Crippen molar-refractivity contribution in [2.24, 2.45) is 5.92 Å². The predicted octanol–water partition coefficient (Wildman–Crippen LogP) is 3.45. The van der Waals surface area contributed by atoms with E-state index in [-0.39, 0.29) is 29.2 Å². The number of ether oxygens (including phenoxy) is 1. The molecule has 2 N–H and O–H groups in total. The summed E-state index contributed by atoms with van der Waals surface area (Å²) in [6, 6.07) is 8.07. The molecule has 3 rings (SSSR count). The normalized spacial score (nSPS) is 13.7. The molecule has 1 aromatic carbocycles. The second-order valence-corrected chi connectivity index (χ2v) is 6.92. The summed E-state index contributed by atoms with van der Waals surface area (Å²) >= 11 is 1.13. The summed E-state index contributed by atoms with van der Waals surface area (Å²) in [4.78, 5) is 23.6. The number of benzene rings is 1. The third kappa shape index (κ3) is 6.41. The molecule has 1 heterocycles. The van der Waals surface area contributed by atoms with Gasteiger partial charge in [0.2, 0.25) is 11.8 Å². The second-order valence-electron chi connectivity index (χ2n) is 5.93. The van der Waals surface area contributed by atoms with Crippen LogP contribution >= 0.6 is 11.8 Å². The van der Waals surface area contributed by atoms with Gasteiger partial charge in [0.05, 0.1) is 5.75 Å². The average molecular weight is 412 g/mol. The summed E-state index contributed by atoms with van der Waals surface area (Å²) in [5, 5.41) is 13.5. The number of thioether (sulfide) groups is 1. The van der Waals surface area contributed by atoms with Crippen molar-refractivity contribution in [3.63, 3.8) is 0 Å². The molecule has 148 valence electrons. The highest BCUT2D eigenvalue weighted by Gasteiger charge is 2.31. The topological polar surface area (TPSA) is 93.2 Å². The number of nitrogens with zero attached hydrogens (tertiary/aromatic N) is 2. The van der Waals surface area contributed by atoms with Gasteiger partial charge in [-0.15, -0.1) is 23.4 Å². The first-order chi connectivity index (χ1) is 13.3. The van der Waals surface area contributed by atoms with Crippen LogP contribution in [0.1, 0.15) is 12.8 Å². The van der Waals surface area contributed by atoms with Crippen molar-refractivity contribution in [3.05, 3.63) is 36.4 Å². The third-order valence-electron chi connectivity index (χ3n) is 3.56. The van der Waals surface area contributed by atoms with E-state index in [1.165, 1.54) is 12.1 Å². The number of hydrogen-bond acceptors (Lipinski definition) is 6. The molecule has 1 saturated carbocycles. The van der Waals surface area contributed by atoms with E-state index in [0.717, 1.165) is 36.7 Å². The van der Waals surface area contributed by atoms with Crippen LogP contribution in [0, 0.1) is 5.92 Å². The molecule has 7 nitrogen and oxygen atoms in total. The van der Waals surface area contributed by atoms with Gasteiger partial charge in [-0.2, -0.15) is 0 Å². The molecule has 1 aromatic heterocycles. The van der Waals surface area contributed by atoms with Crippen molar-refractivity contribution in [2.75, 3.05) is 16.4 Å². The molecule has 0 radical (unpaired) electrons. The maximum atomic E-state index is 12.1. The average Bonchev–Trinajstić information content (AvgIpc) is 3.47. The van der Waals surface area contributed by atoms with Crippen molar-refractivity contribution < 1.29 is 27.5 Å². The molecule has 0 unspecified atom stereocenters. The SMILES string of the molecule is O=C(CSc1ccc(NC(=O)C2CC2)nn1)Nc1ccc(OC(F)(F)F)cc1. The van der Waals surface area contributed by atoms with Crippen molar-refractivity contribution in [1.29, 1.82) is 0 Å². The van der Waals surface area contributed by atoms with E-state index in [9.17, 15) is 22.8 Å². The molecule has 1 fully saturated rings. The van der Waals surface area contributed by atoms with Gasteiger partial charge in [0.25, 0.3) is 0 Å². The fraction of sp³-hybridized carbons (Fsp3) is 0.294. The highest BCUT2D eigenvalue weighted by atomic mass is 32.2. The van der Waals surface area contributed by atoms with Gasteiger partial charge >= 0.3 is 6.36 Å². The van der Waals surface area contributed by atoms with E-state index < -0.39 is 6.36 Å². The number of rotatable bonds is 7. The molecule has 1 aliphatic rings. The highest BCUT2D eigenvalue weighted by molar-refractivity contribution is 7.99. The van der Waals surface area contributed by atoms with Crippen molar-refractivity contribution in [3.8, 4) is 5.75 Å². The fourth-order valence-corrected chi connectivity index (χ4v) is 2.73. The zero-order chi connectivity index (χ0) is 20.1. The lowest BCUT2D eigenvalue weighted by molar-refractivity contribution is -0.274. The van der Waals surface area contributed by atoms with Crippen LogP contribution in [-0.2, 0) is 9.59 Å². The van der Waals surface area contributed by atoms with Crippen molar-refractivity contribution >= 4 is 35.1 Å². The van der Waals surface area contributed by atoms with Gasteiger partial charge in [-0.1, -0.05) is 11.8 Å². The van der Waals surface area contributed by atoms with Crippen LogP contribution in [-0.4, -0.2) is 34.1 Å². The lowest BCUT2D eigenvalue weighted by Gasteiger charge is -2.10. The largest absolute Gasteiger partial charge is 0.573 e. The van der Waals surface area contributed by atoms with E-state index in [1.807, 2.05) is 0 Å².